The Balaban J connectivity index is 1.28. The molecule has 5 rings (SSSR count). The van der Waals surface area contributed by atoms with E-state index in [4.69, 9.17) is 25.8 Å². The van der Waals surface area contributed by atoms with E-state index in [-0.39, 0.29) is 11.6 Å². The molecule has 0 saturated carbocycles. The number of carbonyl (C=O) groups is 3. The van der Waals surface area contributed by atoms with E-state index in [1.54, 1.807) is 79.7 Å². The second-order valence-electron chi connectivity index (χ2n) is 10.6. The third-order valence-electron chi connectivity index (χ3n) is 7.21. The molecule has 0 aliphatic rings. The molecule has 50 heavy (non-hydrogen) atoms. The van der Waals surface area contributed by atoms with Crippen LogP contribution in [-0.2, 0) is 9.59 Å². The van der Waals surface area contributed by atoms with Gasteiger partial charge in [0, 0.05) is 32.1 Å². The summed E-state index contributed by atoms with van der Waals surface area (Å²) >= 11 is 8.97. The first-order chi connectivity index (χ1) is 24.2. The van der Waals surface area contributed by atoms with Crippen LogP contribution in [0.25, 0.3) is 17.3 Å². The molecule has 0 saturated heterocycles. The molecule has 4 aromatic carbocycles. The van der Waals surface area contributed by atoms with Crippen LogP contribution < -0.4 is 30.2 Å². The zero-order valence-electron chi connectivity index (χ0n) is 27.5. The van der Waals surface area contributed by atoms with E-state index < -0.39 is 17.1 Å². The van der Waals surface area contributed by atoms with Gasteiger partial charge in [-0.2, -0.15) is 0 Å². The summed E-state index contributed by atoms with van der Waals surface area (Å²) in [6, 6.07) is 26.3. The number of thiazole rings is 1. The summed E-state index contributed by atoms with van der Waals surface area (Å²) in [5, 5.41) is 10.9. The Morgan fingerprint density at radius 3 is 2.16 bits per heavy atom. The average molecular weight is 729 g/mol. The Hall–Kier alpha value is -5.30. The summed E-state index contributed by atoms with van der Waals surface area (Å²) in [4.78, 5) is 45.0. The number of ether oxygens (including phenoxy) is 3. The molecule has 3 amide bonds. The smallest absolute Gasteiger partial charge is 0.272 e. The van der Waals surface area contributed by atoms with Crippen LogP contribution in [0, 0.1) is 0 Å². The summed E-state index contributed by atoms with van der Waals surface area (Å²) in [7, 11) is 4.48. The van der Waals surface area contributed by atoms with Crippen molar-refractivity contribution in [1.29, 1.82) is 0 Å². The van der Waals surface area contributed by atoms with Gasteiger partial charge in [-0.15, -0.1) is 23.1 Å². The van der Waals surface area contributed by atoms with E-state index in [0.29, 0.717) is 49.9 Å². The Bertz CT molecular complexity index is 1990. The number of nitrogens with one attached hydrogen (secondary N) is 3. The van der Waals surface area contributed by atoms with Gasteiger partial charge >= 0.3 is 0 Å². The number of hydrogen-bond acceptors (Lipinski definition) is 9. The minimum absolute atomic E-state index is 0.0169. The van der Waals surface area contributed by atoms with Crippen molar-refractivity contribution in [2.24, 2.45) is 0 Å². The van der Waals surface area contributed by atoms with E-state index in [1.165, 1.54) is 50.5 Å². The molecule has 1 aromatic heterocycles. The maximum Gasteiger partial charge on any atom is 0.272 e. The molecular formula is C37H33ClN4O6S2. The number of benzene rings is 4. The van der Waals surface area contributed by atoms with Crippen molar-refractivity contribution in [2.45, 2.75) is 17.1 Å². The van der Waals surface area contributed by atoms with Crippen molar-refractivity contribution in [1.82, 2.24) is 10.3 Å². The first-order valence-corrected chi connectivity index (χ1v) is 17.3. The molecule has 0 aliphatic heterocycles. The molecule has 5 aromatic rings. The molecule has 1 heterocycles. The summed E-state index contributed by atoms with van der Waals surface area (Å²) in [6.07, 6.45) is 1.52. The molecule has 0 radical (unpaired) electrons. The van der Waals surface area contributed by atoms with Gasteiger partial charge in [-0.25, -0.2) is 4.98 Å². The zero-order valence-corrected chi connectivity index (χ0v) is 29.9. The van der Waals surface area contributed by atoms with Crippen LogP contribution in [0.2, 0.25) is 5.02 Å². The zero-order chi connectivity index (χ0) is 35.6. The van der Waals surface area contributed by atoms with Crippen molar-refractivity contribution in [2.75, 3.05) is 32.0 Å². The van der Waals surface area contributed by atoms with Crippen molar-refractivity contribution < 1.29 is 28.6 Å². The molecule has 0 fully saturated rings. The first kappa shape index (κ1) is 36.0. The fourth-order valence-corrected chi connectivity index (χ4v) is 6.51. The highest BCUT2D eigenvalue weighted by atomic mass is 35.5. The van der Waals surface area contributed by atoms with Crippen LogP contribution >= 0.6 is 34.7 Å². The predicted molar refractivity (Wildman–Crippen MR) is 200 cm³/mol. The van der Waals surface area contributed by atoms with Crippen LogP contribution in [0.5, 0.6) is 17.2 Å². The van der Waals surface area contributed by atoms with E-state index in [9.17, 15) is 14.4 Å². The van der Waals surface area contributed by atoms with Gasteiger partial charge in [0.1, 0.15) is 5.70 Å². The Kier molecular flexibility index (Phi) is 12.2. The number of anilines is 2. The normalized spacial score (nSPS) is 11.7. The van der Waals surface area contributed by atoms with Crippen molar-refractivity contribution >= 4 is 69.3 Å². The fourth-order valence-electron chi connectivity index (χ4n) is 4.70. The second-order valence-corrected chi connectivity index (χ2v) is 13.3. The highest BCUT2D eigenvalue weighted by Gasteiger charge is 2.19. The average Bonchev–Trinajstić information content (AvgIpc) is 3.60. The lowest BCUT2D eigenvalue weighted by molar-refractivity contribution is -0.115. The summed E-state index contributed by atoms with van der Waals surface area (Å²) in [5.74, 6) is -0.0642. The lowest BCUT2D eigenvalue weighted by Gasteiger charge is -2.15. The van der Waals surface area contributed by atoms with Gasteiger partial charge < -0.3 is 30.2 Å². The van der Waals surface area contributed by atoms with E-state index in [1.807, 2.05) is 23.6 Å². The van der Waals surface area contributed by atoms with E-state index >= 15 is 0 Å². The monoisotopic (exact) mass is 728 g/mol. The third kappa shape index (κ3) is 9.03. The number of aromatic nitrogens is 1. The van der Waals surface area contributed by atoms with Gasteiger partial charge in [-0.1, -0.05) is 48.0 Å². The molecule has 0 bridgehead atoms. The lowest BCUT2D eigenvalue weighted by Crippen LogP contribution is -2.30. The number of thioether (sulfide) groups is 1. The van der Waals surface area contributed by atoms with Gasteiger partial charge in [0.15, 0.2) is 16.6 Å². The molecule has 256 valence electrons. The maximum absolute atomic E-state index is 13.6. The largest absolute Gasteiger partial charge is 0.493 e. The fraction of sp³-hybridized carbons (Fsp3) is 0.135. The highest BCUT2D eigenvalue weighted by Crippen LogP contribution is 2.39. The molecule has 3 N–H and O–H groups in total. The summed E-state index contributed by atoms with van der Waals surface area (Å²) in [6.45, 7) is 1.80. The van der Waals surface area contributed by atoms with Gasteiger partial charge in [0.2, 0.25) is 11.7 Å². The van der Waals surface area contributed by atoms with Crippen molar-refractivity contribution in [3.05, 3.63) is 118 Å². The Morgan fingerprint density at radius 2 is 1.52 bits per heavy atom. The maximum atomic E-state index is 13.6. The van der Waals surface area contributed by atoms with Crippen molar-refractivity contribution in [3.8, 4) is 28.5 Å². The van der Waals surface area contributed by atoms with Gasteiger partial charge in [-0.3, -0.25) is 14.4 Å². The quantitative estimate of drug-likeness (QED) is 0.0822. The molecule has 1 atom stereocenters. The lowest BCUT2D eigenvalue weighted by atomic mass is 10.1. The van der Waals surface area contributed by atoms with Crippen LogP contribution in [0.4, 0.5) is 10.8 Å². The molecule has 1 unspecified atom stereocenters. The number of rotatable bonds is 13. The van der Waals surface area contributed by atoms with E-state index in [0.717, 1.165) is 10.5 Å². The standard InChI is InChI=1S/C37H33ClN4O6S2/c1-22(34(43)42-37-41-30(21-49-37)27-12-8-9-13-28(27)38)50-26-16-14-25(15-17-26)39-36(45)29(40-35(44)24-10-6-5-7-11-24)18-23-19-31(46-2)33(48-4)32(20-23)47-3/h5-22H,1-4H3,(H,39,45)(H,40,44)(H,41,42,43)/b29-18-. The first-order valence-electron chi connectivity index (χ1n) is 15.2. The Labute approximate surface area is 302 Å². The van der Waals surface area contributed by atoms with Gasteiger partial charge in [0.25, 0.3) is 11.8 Å². The molecule has 0 aliphatic carbocycles. The minimum Gasteiger partial charge on any atom is -0.493 e. The third-order valence-corrected chi connectivity index (χ3v) is 9.40. The number of nitrogens with zero attached hydrogens (tertiary/aromatic N) is 1. The molecule has 13 heteroatoms. The van der Waals surface area contributed by atoms with Crippen LogP contribution in [0.1, 0.15) is 22.8 Å². The van der Waals surface area contributed by atoms with Crippen LogP contribution in [0.15, 0.2) is 107 Å². The number of methoxy groups -OCH3 is 3. The summed E-state index contributed by atoms with van der Waals surface area (Å²) in [5.41, 5.74) is 2.85. The highest BCUT2D eigenvalue weighted by molar-refractivity contribution is 8.00. The summed E-state index contributed by atoms with van der Waals surface area (Å²) < 4.78 is 16.3. The molecular weight excluding hydrogens is 696 g/mol. The number of carbonyl (C=O) groups excluding carboxylic acids is 3. The number of hydrogen-bond donors (Lipinski definition) is 3. The van der Waals surface area contributed by atoms with Crippen molar-refractivity contribution in [3.63, 3.8) is 0 Å². The van der Waals surface area contributed by atoms with Crippen LogP contribution in [0.3, 0.4) is 0 Å². The molecule has 10 nitrogen and oxygen atoms in total. The minimum atomic E-state index is -0.559. The molecule has 0 spiro atoms. The van der Waals surface area contributed by atoms with Crippen LogP contribution in [-0.4, -0.2) is 49.3 Å². The van der Waals surface area contributed by atoms with Gasteiger partial charge in [-0.05, 0) is 73.2 Å². The van der Waals surface area contributed by atoms with E-state index in [2.05, 4.69) is 20.9 Å². The number of amides is 3. The second kappa shape index (κ2) is 16.9. The Morgan fingerprint density at radius 1 is 0.860 bits per heavy atom. The SMILES string of the molecule is COc1cc(/C=C(\NC(=O)c2ccccc2)C(=O)Nc2ccc(SC(C)C(=O)Nc3nc(-c4ccccc4Cl)cs3)cc2)cc(OC)c1OC. The topological polar surface area (TPSA) is 128 Å². The number of halogens is 1. The van der Waals surface area contributed by atoms with Gasteiger partial charge in [0.05, 0.1) is 32.3 Å². The predicted octanol–water partition coefficient (Wildman–Crippen LogP) is 8.02.